The van der Waals surface area contributed by atoms with Crippen LogP contribution in [0.25, 0.3) is 17.0 Å². The highest BCUT2D eigenvalue weighted by atomic mass is 32.2. The Balaban J connectivity index is 1.35. The fraction of sp³-hybridized carbons (Fsp3) is 0.143. The first-order valence-electron chi connectivity index (χ1n) is 8.78. The molecule has 2 heterocycles. The third kappa shape index (κ3) is 4.30. The van der Waals surface area contributed by atoms with Crippen molar-refractivity contribution < 1.29 is 4.42 Å². The number of aromatic amines is 1. The summed E-state index contributed by atoms with van der Waals surface area (Å²) in [7, 11) is 0. The first-order chi connectivity index (χ1) is 13.3. The molecule has 0 radical (unpaired) electrons. The van der Waals surface area contributed by atoms with Crippen LogP contribution in [0.1, 0.15) is 23.1 Å². The maximum Gasteiger partial charge on any atom is 0.276 e. The molecule has 4 rings (SSSR count). The van der Waals surface area contributed by atoms with Crippen molar-refractivity contribution in [1.82, 2.24) is 15.2 Å². The van der Waals surface area contributed by atoms with Gasteiger partial charge in [-0.1, -0.05) is 72.4 Å². The lowest BCUT2D eigenvalue weighted by Crippen LogP contribution is -2.13. The molecule has 4 aromatic rings. The van der Waals surface area contributed by atoms with E-state index in [2.05, 4.69) is 51.6 Å². The van der Waals surface area contributed by atoms with Crippen LogP contribution in [-0.2, 0) is 6.42 Å². The van der Waals surface area contributed by atoms with Crippen LogP contribution < -0.4 is 5.73 Å². The van der Waals surface area contributed by atoms with Gasteiger partial charge in [0.1, 0.15) is 0 Å². The first kappa shape index (κ1) is 17.6. The lowest BCUT2D eigenvalue weighted by atomic mass is 10.1. The average molecular weight is 376 g/mol. The number of hydrogen-bond acceptors (Lipinski definition) is 5. The fourth-order valence-electron chi connectivity index (χ4n) is 2.92. The molecule has 0 fully saturated rings. The standard InChI is InChI=1S/C21H20N4OS/c22-18(13-16-14-23-19-11-5-4-10-17(16)19)20-24-25-21(26-20)27-12-6-9-15-7-2-1-3-8-15/h1-11,14,18,23H,12-13,22H2/t18-/m0/s1. The van der Waals surface area contributed by atoms with Gasteiger partial charge in [-0.3, -0.25) is 0 Å². The van der Waals surface area contributed by atoms with Gasteiger partial charge in [0, 0.05) is 22.9 Å². The summed E-state index contributed by atoms with van der Waals surface area (Å²) in [5, 5.41) is 9.93. The van der Waals surface area contributed by atoms with Crippen LogP contribution in [-0.4, -0.2) is 20.9 Å². The molecule has 0 saturated carbocycles. The minimum Gasteiger partial charge on any atom is -0.414 e. The normalized spacial score (nSPS) is 12.8. The fourth-order valence-corrected chi connectivity index (χ4v) is 3.50. The molecule has 27 heavy (non-hydrogen) atoms. The number of H-pyrrole nitrogens is 1. The Labute approximate surface area is 161 Å². The van der Waals surface area contributed by atoms with Crippen LogP contribution in [0.3, 0.4) is 0 Å². The van der Waals surface area contributed by atoms with Crippen molar-refractivity contribution in [2.45, 2.75) is 17.7 Å². The molecule has 6 heteroatoms. The van der Waals surface area contributed by atoms with Gasteiger partial charge in [-0.25, -0.2) is 0 Å². The third-order valence-electron chi connectivity index (χ3n) is 4.27. The molecule has 3 N–H and O–H groups in total. The van der Waals surface area contributed by atoms with Crippen LogP contribution in [0, 0.1) is 0 Å². The van der Waals surface area contributed by atoms with E-state index < -0.39 is 0 Å². The summed E-state index contributed by atoms with van der Waals surface area (Å²) in [5.74, 6) is 1.23. The summed E-state index contributed by atoms with van der Waals surface area (Å²) in [6.45, 7) is 0. The van der Waals surface area contributed by atoms with Gasteiger partial charge in [0.2, 0.25) is 5.89 Å². The van der Waals surface area contributed by atoms with E-state index >= 15 is 0 Å². The van der Waals surface area contributed by atoms with Crippen LogP contribution in [0.5, 0.6) is 0 Å². The Morgan fingerprint density at radius 1 is 1.07 bits per heavy atom. The summed E-state index contributed by atoms with van der Waals surface area (Å²) < 4.78 is 5.73. The van der Waals surface area contributed by atoms with Gasteiger partial charge in [0.05, 0.1) is 6.04 Å². The van der Waals surface area contributed by atoms with Crippen LogP contribution in [0.15, 0.2) is 76.5 Å². The molecule has 2 aromatic heterocycles. The second kappa shape index (κ2) is 8.24. The summed E-state index contributed by atoms with van der Waals surface area (Å²) in [6.07, 6.45) is 6.79. The van der Waals surface area contributed by atoms with E-state index in [0.717, 1.165) is 16.8 Å². The van der Waals surface area contributed by atoms with Gasteiger partial charge in [-0.05, 0) is 23.6 Å². The molecule has 1 atom stereocenters. The maximum absolute atomic E-state index is 6.29. The number of rotatable bonds is 7. The second-order valence-corrected chi connectivity index (χ2v) is 7.17. The monoisotopic (exact) mass is 376 g/mol. The van der Waals surface area contributed by atoms with Gasteiger partial charge < -0.3 is 15.1 Å². The van der Waals surface area contributed by atoms with E-state index in [1.807, 2.05) is 36.5 Å². The topological polar surface area (TPSA) is 80.7 Å². The van der Waals surface area contributed by atoms with E-state index in [-0.39, 0.29) is 6.04 Å². The van der Waals surface area contributed by atoms with Crippen LogP contribution >= 0.6 is 11.8 Å². The molecule has 0 aliphatic heterocycles. The van der Waals surface area contributed by atoms with Gasteiger partial charge in [-0.2, -0.15) is 0 Å². The number of hydrogen-bond donors (Lipinski definition) is 2. The average Bonchev–Trinajstić information content (AvgIpc) is 3.34. The minimum absolute atomic E-state index is 0.328. The molecule has 0 aliphatic rings. The van der Waals surface area contributed by atoms with Crippen molar-refractivity contribution in [2.75, 3.05) is 5.75 Å². The predicted molar refractivity (Wildman–Crippen MR) is 109 cm³/mol. The van der Waals surface area contributed by atoms with Gasteiger partial charge in [0.25, 0.3) is 5.22 Å². The van der Waals surface area contributed by atoms with Crippen molar-refractivity contribution in [3.05, 3.63) is 83.9 Å². The van der Waals surface area contributed by atoms with Gasteiger partial charge >= 0.3 is 0 Å². The summed E-state index contributed by atoms with van der Waals surface area (Å²) in [5.41, 5.74) is 9.71. The molecule has 5 nitrogen and oxygen atoms in total. The highest BCUT2D eigenvalue weighted by Gasteiger charge is 2.17. The molecular formula is C21H20N4OS. The highest BCUT2D eigenvalue weighted by molar-refractivity contribution is 7.99. The number of aromatic nitrogens is 3. The number of nitrogens with zero attached hydrogens (tertiary/aromatic N) is 2. The first-order valence-corrected chi connectivity index (χ1v) is 9.76. The predicted octanol–water partition coefficient (Wildman–Crippen LogP) is 4.60. The van der Waals surface area contributed by atoms with E-state index in [0.29, 0.717) is 17.5 Å². The molecule has 136 valence electrons. The van der Waals surface area contributed by atoms with Gasteiger partial charge in [0.15, 0.2) is 0 Å². The molecule has 0 spiro atoms. The number of fused-ring (bicyclic) bond motifs is 1. The quantitative estimate of drug-likeness (QED) is 0.461. The summed E-state index contributed by atoms with van der Waals surface area (Å²) in [4.78, 5) is 3.26. The Morgan fingerprint density at radius 3 is 2.78 bits per heavy atom. The smallest absolute Gasteiger partial charge is 0.276 e. The Kier molecular flexibility index (Phi) is 5.37. The van der Waals surface area contributed by atoms with Gasteiger partial charge in [-0.15, -0.1) is 10.2 Å². The second-order valence-electron chi connectivity index (χ2n) is 6.20. The number of thioether (sulfide) groups is 1. The summed E-state index contributed by atoms with van der Waals surface area (Å²) in [6, 6.07) is 18.0. The molecule has 0 saturated heterocycles. The van der Waals surface area contributed by atoms with E-state index in [1.165, 1.54) is 22.7 Å². The van der Waals surface area contributed by atoms with E-state index in [9.17, 15) is 0 Å². The molecule has 0 unspecified atom stereocenters. The van der Waals surface area contributed by atoms with Crippen molar-refractivity contribution in [2.24, 2.45) is 5.73 Å². The lowest BCUT2D eigenvalue weighted by Gasteiger charge is -2.05. The largest absolute Gasteiger partial charge is 0.414 e. The molecular weight excluding hydrogens is 356 g/mol. The number of para-hydroxylation sites is 1. The Morgan fingerprint density at radius 2 is 1.89 bits per heavy atom. The molecule has 2 aromatic carbocycles. The van der Waals surface area contributed by atoms with Crippen molar-refractivity contribution in [3.8, 4) is 0 Å². The van der Waals surface area contributed by atoms with Crippen molar-refractivity contribution in [3.63, 3.8) is 0 Å². The molecule has 0 aliphatic carbocycles. The zero-order valence-electron chi connectivity index (χ0n) is 14.7. The van der Waals surface area contributed by atoms with E-state index in [4.69, 9.17) is 10.2 Å². The molecule has 0 amide bonds. The zero-order chi connectivity index (χ0) is 18.5. The third-order valence-corrected chi connectivity index (χ3v) is 5.04. The summed E-state index contributed by atoms with van der Waals surface area (Å²) >= 11 is 1.50. The van der Waals surface area contributed by atoms with Crippen molar-refractivity contribution in [1.29, 1.82) is 0 Å². The SMILES string of the molecule is N[C@@H](Cc1c[nH]c2ccccc12)c1nnc(SCC=Cc2ccccc2)o1. The molecule has 0 bridgehead atoms. The zero-order valence-corrected chi connectivity index (χ0v) is 15.5. The van der Waals surface area contributed by atoms with Crippen LogP contribution in [0.2, 0.25) is 0 Å². The maximum atomic E-state index is 6.29. The number of nitrogens with two attached hydrogens (primary N) is 1. The highest BCUT2D eigenvalue weighted by Crippen LogP contribution is 2.24. The minimum atomic E-state index is -0.328. The Bertz CT molecular complexity index is 1040. The Hall–Kier alpha value is -2.83. The lowest BCUT2D eigenvalue weighted by molar-refractivity contribution is 0.386. The number of benzene rings is 2. The number of nitrogens with one attached hydrogen (secondary N) is 1. The van der Waals surface area contributed by atoms with Crippen molar-refractivity contribution >= 4 is 28.7 Å². The van der Waals surface area contributed by atoms with Crippen LogP contribution in [0.4, 0.5) is 0 Å². The van der Waals surface area contributed by atoms with E-state index in [1.54, 1.807) is 0 Å².